The van der Waals surface area contributed by atoms with Crippen molar-refractivity contribution in [3.63, 3.8) is 0 Å². The summed E-state index contributed by atoms with van der Waals surface area (Å²) in [4.78, 5) is 2.53. The van der Waals surface area contributed by atoms with Crippen molar-refractivity contribution in [3.05, 3.63) is 26.2 Å². The predicted molar refractivity (Wildman–Crippen MR) is 90.4 cm³/mol. The second-order valence-corrected chi connectivity index (χ2v) is 7.09. The highest BCUT2D eigenvalue weighted by Gasteiger charge is 2.25. The zero-order chi connectivity index (χ0) is 13.1. The van der Waals surface area contributed by atoms with Crippen molar-refractivity contribution >= 4 is 44.2 Å². The molecular weight excluding hydrogens is 403 g/mol. The van der Waals surface area contributed by atoms with E-state index in [0.717, 1.165) is 13.1 Å². The number of hydrogen-bond acceptors (Lipinski definition) is 2. The highest BCUT2D eigenvalue weighted by Crippen LogP contribution is 2.30. The average molecular weight is 423 g/mol. The highest BCUT2D eigenvalue weighted by atomic mass is 127. The Kier molecular flexibility index (Phi) is 5.33. The van der Waals surface area contributed by atoms with Gasteiger partial charge in [0.2, 0.25) is 0 Å². The van der Waals surface area contributed by atoms with Gasteiger partial charge in [-0.05, 0) is 70.1 Å². The molecule has 0 aromatic heterocycles. The lowest BCUT2D eigenvalue weighted by Crippen LogP contribution is -2.55. The number of anilines is 1. The molecule has 1 aliphatic rings. The van der Waals surface area contributed by atoms with E-state index in [4.69, 9.17) is 0 Å². The van der Waals surface area contributed by atoms with E-state index in [1.807, 2.05) is 0 Å². The van der Waals surface area contributed by atoms with E-state index in [0.29, 0.717) is 12.1 Å². The van der Waals surface area contributed by atoms with Crippen LogP contribution in [0.15, 0.2) is 22.7 Å². The Morgan fingerprint density at radius 1 is 1.50 bits per heavy atom. The van der Waals surface area contributed by atoms with Crippen molar-refractivity contribution in [1.82, 2.24) is 5.32 Å². The van der Waals surface area contributed by atoms with Crippen molar-refractivity contribution in [2.45, 2.75) is 38.8 Å². The van der Waals surface area contributed by atoms with Crippen molar-refractivity contribution in [1.29, 1.82) is 0 Å². The van der Waals surface area contributed by atoms with Gasteiger partial charge in [-0.15, -0.1) is 0 Å². The summed E-state index contributed by atoms with van der Waals surface area (Å²) in [6.07, 6.45) is 2.50. The fourth-order valence-corrected chi connectivity index (χ4v) is 3.46. The van der Waals surface area contributed by atoms with Gasteiger partial charge in [0.1, 0.15) is 0 Å². The van der Waals surface area contributed by atoms with Crippen molar-refractivity contribution in [2.75, 3.05) is 18.0 Å². The van der Waals surface area contributed by atoms with Gasteiger partial charge in [-0.3, -0.25) is 0 Å². The Labute approximate surface area is 132 Å². The predicted octanol–water partition coefficient (Wildman–Crippen LogP) is 4.02. The summed E-state index contributed by atoms with van der Waals surface area (Å²) in [5.41, 5.74) is 1.33. The minimum atomic E-state index is 0.549. The standard InChI is InChI=1S/C14H20BrIN2/c1-3-4-12-9-18(10(2)8-17-12)14-7-11(16)5-6-13(14)15/h5-7,10,12,17H,3-4,8-9H2,1-2H3. The average Bonchev–Trinajstić information content (AvgIpc) is 2.35. The molecule has 0 saturated carbocycles. The summed E-state index contributed by atoms with van der Waals surface area (Å²) < 4.78 is 2.50. The first kappa shape index (κ1) is 14.6. The second kappa shape index (κ2) is 6.57. The molecule has 2 atom stereocenters. The van der Waals surface area contributed by atoms with Crippen LogP contribution in [0.25, 0.3) is 0 Å². The third kappa shape index (κ3) is 3.39. The van der Waals surface area contributed by atoms with Crippen LogP contribution in [0.1, 0.15) is 26.7 Å². The van der Waals surface area contributed by atoms with Crippen LogP contribution in [0.2, 0.25) is 0 Å². The summed E-state index contributed by atoms with van der Waals surface area (Å²) >= 11 is 6.07. The van der Waals surface area contributed by atoms with E-state index in [-0.39, 0.29) is 0 Å². The smallest absolute Gasteiger partial charge is 0.0524 e. The molecule has 1 N–H and O–H groups in total. The Hall–Kier alpha value is 0.190. The molecule has 2 rings (SSSR count). The molecule has 0 radical (unpaired) electrons. The van der Waals surface area contributed by atoms with Crippen LogP contribution in [-0.2, 0) is 0 Å². The largest absolute Gasteiger partial charge is 0.365 e. The molecular formula is C14H20BrIN2. The third-order valence-corrected chi connectivity index (χ3v) is 4.85. The first-order valence-corrected chi connectivity index (χ1v) is 8.44. The Balaban J connectivity index is 2.21. The van der Waals surface area contributed by atoms with Crippen LogP contribution < -0.4 is 10.2 Å². The first-order valence-electron chi connectivity index (χ1n) is 6.57. The van der Waals surface area contributed by atoms with Gasteiger partial charge in [-0.2, -0.15) is 0 Å². The maximum atomic E-state index is 3.69. The lowest BCUT2D eigenvalue weighted by Gasteiger charge is -2.41. The van der Waals surface area contributed by atoms with Crippen LogP contribution in [-0.4, -0.2) is 25.2 Å². The molecule has 0 aliphatic carbocycles. The van der Waals surface area contributed by atoms with Gasteiger partial charge in [-0.1, -0.05) is 13.3 Å². The number of halogens is 2. The summed E-state index contributed by atoms with van der Waals surface area (Å²) in [5, 5.41) is 3.64. The minimum Gasteiger partial charge on any atom is -0.365 e. The number of nitrogens with zero attached hydrogens (tertiary/aromatic N) is 1. The molecule has 2 unspecified atom stereocenters. The SMILES string of the molecule is CCCC1CN(c2cc(I)ccc2Br)C(C)CN1. The molecule has 0 amide bonds. The molecule has 0 spiro atoms. The molecule has 1 aliphatic heterocycles. The Morgan fingerprint density at radius 3 is 3.00 bits per heavy atom. The Morgan fingerprint density at radius 2 is 2.28 bits per heavy atom. The summed E-state index contributed by atoms with van der Waals surface area (Å²) in [6, 6.07) is 7.74. The van der Waals surface area contributed by atoms with Gasteiger partial charge in [0.25, 0.3) is 0 Å². The molecule has 1 aromatic rings. The maximum Gasteiger partial charge on any atom is 0.0524 e. The topological polar surface area (TPSA) is 15.3 Å². The van der Waals surface area contributed by atoms with E-state index < -0.39 is 0 Å². The first-order chi connectivity index (χ1) is 8.61. The fourth-order valence-electron chi connectivity index (χ4n) is 2.51. The van der Waals surface area contributed by atoms with Crippen LogP contribution in [0.3, 0.4) is 0 Å². The lowest BCUT2D eigenvalue weighted by atomic mass is 10.1. The van der Waals surface area contributed by atoms with Gasteiger partial charge < -0.3 is 10.2 Å². The van der Waals surface area contributed by atoms with Gasteiger partial charge in [-0.25, -0.2) is 0 Å². The van der Waals surface area contributed by atoms with Crippen molar-refractivity contribution in [3.8, 4) is 0 Å². The number of piperazine rings is 1. The van der Waals surface area contributed by atoms with E-state index in [1.54, 1.807) is 0 Å². The number of nitrogens with one attached hydrogen (secondary N) is 1. The quantitative estimate of drug-likeness (QED) is 0.740. The van der Waals surface area contributed by atoms with E-state index >= 15 is 0 Å². The van der Waals surface area contributed by atoms with Gasteiger partial charge in [0.15, 0.2) is 0 Å². The number of hydrogen-bond donors (Lipinski definition) is 1. The normalized spacial score (nSPS) is 24.3. The van der Waals surface area contributed by atoms with Gasteiger partial charge >= 0.3 is 0 Å². The van der Waals surface area contributed by atoms with E-state index in [1.165, 1.54) is 26.6 Å². The lowest BCUT2D eigenvalue weighted by molar-refractivity contribution is 0.386. The van der Waals surface area contributed by atoms with Gasteiger partial charge in [0.05, 0.1) is 5.69 Å². The molecule has 100 valence electrons. The van der Waals surface area contributed by atoms with Crippen LogP contribution in [0.5, 0.6) is 0 Å². The van der Waals surface area contributed by atoms with Crippen LogP contribution in [0.4, 0.5) is 5.69 Å². The zero-order valence-corrected chi connectivity index (χ0v) is 14.7. The molecule has 2 nitrogen and oxygen atoms in total. The number of benzene rings is 1. The molecule has 0 bridgehead atoms. The monoisotopic (exact) mass is 422 g/mol. The van der Waals surface area contributed by atoms with E-state index in [9.17, 15) is 0 Å². The summed E-state index contributed by atoms with van der Waals surface area (Å²) in [6.45, 7) is 6.73. The van der Waals surface area contributed by atoms with Gasteiger partial charge in [0, 0.05) is 33.2 Å². The van der Waals surface area contributed by atoms with Crippen molar-refractivity contribution in [2.24, 2.45) is 0 Å². The minimum absolute atomic E-state index is 0.549. The van der Waals surface area contributed by atoms with Crippen molar-refractivity contribution < 1.29 is 0 Å². The highest BCUT2D eigenvalue weighted by molar-refractivity contribution is 14.1. The molecule has 1 saturated heterocycles. The molecule has 1 fully saturated rings. The second-order valence-electron chi connectivity index (χ2n) is 4.99. The zero-order valence-electron chi connectivity index (χ0n) is 10.9. The maximum absolute atomic E-state index is 3.69. The number of rotatable bonds is 3. The van der Waals surface area contributed by atoms with Crippen LogP contribution >= 0.6 is 38.5 Å². The fraction of sp³-hybridized carbons (Fsp3) is 0.571. The summed E-state index contributed by atoms with van der Waals surface area (Å²) in [5.74, 6) is 0. The van der Waals surface area contributed by atoms with E-state index in [2.05, 4.69) is 80.8 Å². The van der Waals surface area contributed by atoms with Crippen LogP contribution in [0, 0.1) is 3.57 Å². The third-order valence-electron chi connectivity index (χ3n) is 3.51. The molecule has 4 heteroatoms. The molecule has 18 heavy (non-hydrogen) atoms. The summed E-state index contributed by atoms with van der Waals surface area (Å²) in [7, 11) is 0. The Bertz CT molecular complexity index is 411. The molecule has 1 heterocycles. The molecule has 1 aromatic carbocycles.